The zero-order valence-corrected chi connectivity index (χ0v) is 8.43. The Balaban J connectivity index is 2.39. The molecule has 76 valence electrons. The van der Waals surface area contributed by atoms with Gasteiger partial charge in [-0.3, -0.25) is 4.79 Å². The van der Waals surface area contributed by atoms with Crippen LogP contribution in [0.5, 0.6) is 0 Å². The van der Waals surface area contributed by atoms with Gasteiger partial charge >= 0.3 is 0 Å². The Kier molecular flexibility index (Phi) is 2.63. The largest absolute Gasteiger partial charge is 0.444 e. The van der Waals surface area contributed by atoms with E-state index in [1.165, 1.54) is 0 Å². The van der Waals surface area contributed by atoms with E-state index in [1.807, 2.05) is 19.1 Å². The summed E-state index contributed by atoms with van der Waals surface area (Å²) >= 11 is 0. The van der Waals surface area contributed by atoms with Gasteiger partial charge in [0.25, 0.3) is 0 Å². The molecule has 2 rings (SSSR count). The Morgan fingerprint density at radius 3 is 3.00 bits per heavy atom. The Hall–Kier alpha value is -1.90. The van der Waals surface area contributed by atoms with Crippen LogP contribution in [0.1, 0.15) is 23.0 Å². The lowest BCUT2D eigenvalue weighted by atomic mass is 10.1. The summed E-state index contributed by atoms with van der Waals surface area (Å²) < 4.78 is 5.31. The normalized spacial score (nSPS) is 10.2. The Morgan fingerprint density at radius 2 is 2.33 bits per heavy atom. The van der Waals surface area contributed by atoms with Gasteiger partial charge in [-0.15, -0.1) is 0 Å². The fourth-order valence-corrected chi connectivity index (χ4v) is 1.35. The van der Waals surface area contributed by atoms with Gasteiger partial charge in [0.15, 0.2) is 0 Å². The molecule has 3 nitrogen and oxygen atoms in total. The van der Waals surface area contributed by atoms with Crippen LogP contribution in [-0.4, -0.2) is 11.3 Å². The second-order valence-electron chi connectivity index (χ2n) is 3.24. The molecule has 0 aliphatic heterocycles. The summed E-state index contributed by atoms with van der Waals surface area (Å²) in [6, 6.07) is 7.20. The summed E-state index contributed by atoms with van der Waals surface area (Å²) in [5.74, 6) is 0.565. The number of hydrogen-bond donors (Lipinski definition) is 0. The third kappa shape index (κ3) is 1.96. The van der Waals surface area contributed by atoms with Crippen molar-refractivity contribution in [3.8, 4) is 11.5 Å². The van der Waals surface area contributed by atoms with Crippen LogP contribution in [0.25, 0.3) is 11.5 Å². The molecule has 0 N–H and O–H groups in total. The number of carbonyl (C=O) groups excluding carboxylic acids is 1. The van der Waals surface area contributed by atoms with Gasteiger partial charge in [-0.2, -0.15) is 0 Å². The number of carbonyl (C=O) groups is 1. The van der Waals surface area contributed by atoms with E-state index in [0.29, 0.717) is 11.5 Å². The maximum Gasteiger partial charge on any atom is 0.226 e. The summed E-state index contributed by atoms with van der Waals surface area (Å²) in [4.78, 5) is 14.9. The van der Waals surface area contributed by atoms with Gasteiger partial charge in [0.05, 0.1) is 5.69 Å². The van der Waals surface area contributed by atoms with Crippen molar-refractivity contribution in [1.82, 2.24) is 4.98 Å². The SMILES string of the molecule is CCc1coc(-c2cccc(C=O)c2)n1. The fraction of sp³-hybridized carbons (Fsp3) is 0.167. The predicted octanol–water partition coefficient (Wildman–Crippen LogP) is 2.72. The highest BCUT2D eigenvalue weighted by molar-refractivity contribution is 5.77. The van der Waals surface area contributed by atoms with Gasteiger partial charge in [0.1, 0.15) is 12.5 Å². The van der Waals surface area contributed by atoms with Crippen LogP contribution in [0.3, 0.4) is 0 Å². The average molecular weight is 201 g/mol. The lowest BCUT2D eigenvalue weighted by Gasteiger charge is -1.95. The zero-order valence-electron chi connectivity index (χ0n) is 8.43. The van der Waals surface area contributed by atoms with Crippen LogP contribution in [0, 0.1) is 0 Å². The van der Waals surface area contributed by atoms with E-state index in [0.717, 1.165) is 24.0 Å². The minimum atomic E-state index is 0.565. The van der Waals surface area contributed by atoms with Gasteiger partial charge in [-0.1, -0.05) is 19.1 Å². The van der Waals surface area contributed by atoms with Gasteiger partial charge in [-0.25, -0.2) is 4.98 Å². The van der Waals surface area contributed by atoms with E-state index in [2.05, 4.69) is 4.98 Å². The molecule has 1 aromatic carbocycles. The van der Waals surface area contributed by atoms with Gasteiger partial charge in [-0.05, 0) is 18.6 Å². The molecule has 0 aliphatic rings. The zero-order chi connectivity index (χ0) is 10.7. The van der Waals surface area contributed by atoms with Crippen molar-refractivity contribution in [2.45, 2.75) is 13.3 Å². The highest BCUT2D eigenvalue weighted by Crippen LogP contribution is 2.19. The van der Waals surface area contributed by atoms with Crippen molar-refractivity contribution in [2.24, 2.45) is 0 Å². The average Bonchev–Trinajstić information content (AvgIpc) is 2.78. The Labute approximate surface area is 87.8 Å². The third-order valence-electron chi connectivity index (χ3n) is 2.18. The van der Waals surface area contributed by atoms with Crippen LogP contribution in [0.4, 0.5) is 0 Å². The summed E-state index contributed by atoms with van der Waals surface area (Å²) in [7, 11) is 0. The number of aryl methyl sites for hydroxylation is 1. The first kappa shape index (κ1) is 9.65. The number of rotatable bonds is 3. The van der Waals surface area contributed by atoms with Crippen molar-refractivity contribution in [2.75, 3.05) is 0 Å². The number of benzene rings is 1. The summed E-state index contributed by atoms with van der Waals surface area (Å²) in [5.41, 5.74) is 2.38. The molecule has 0 saturated carbocycles. The number of aldehydes is 1. The van der Waals surface area contributed by atoms with Crippen LogP contribution < -0.4 is 0 Å². The molecule has 2 aromatic rings. The molecule has 0 amide bonds. The molecule has 0 bridgehead atoms. The predicted molar refractivity (Wildman–Crippen MR) is 56.7 cm³/mol. The van der Waals surface area contributed by atoms with Crippen molar-refractivity contribution in [3.63, 3.8) is 0 Å². The van der Waals surface area contributed by atoms with Gasteiger partial charge < -0.3 is 4.42 Å². The maximum atomic E-state index is 10.6. The molecule has 0 radical (unpaired) electrons. The highest BCUT2D eigenvalue weighted by Gasteiger charge is 2.05. The van der Waals surface area contributed by atoms with Crippen LogP contribution in [0.2, 0.25) is 0 Å². The molecule has 15 heavy (non-hydrogen) atoms. The molecule has 0 unspecified atom stereocenters. The molecule has 0 aliphatic carbocycles. The second-order valence-corrected chi connectivity index (χ2v) is 3.24. The van der Waals surface area contributed by atoms with Gasteiger partial charge in [0.2, 0.25) is 5.89 Å². The first-order chi connectivity index (χ1) is 7.33. The van der Waals surface area contributed by atoms with E-state index < -0.39 is 0 Å². The van der Waals surface area contributed by atoms with E-state index in [9.17, 15) is 4.79 Å². The first-order valence-corrected chi connectivity index (χ1v) is 4.83. The van der Waals surface area contributed by atoms with Crippen LogP contribution in [-0.2, 0) is 6.42 Å². The molecule has 0 fully saturated rings. The lowest BCUT2D eigenvalue weighted by Crippen LogP contribution is -1.83. The Morgan fingerprint density at radius 1 is 1.47 bits per heavy atom. The lowest BCUT2D eigenvalue weighted by molar-refractivity contribution is 0.112. The maximum absolute atomic E-state index is 10.6. The molecule has 1 aromatic heterocycles. The van der Waals surface area contributed by atoms with E-state index in [4.69, 9.17) is 4.42 Å². The third-order valence-corrected chi connectivity index (χ3v) is 2.18. The minimum Gasteiger partial charge on any atom is -0.444 e. The van der Waals surface area contributed by atoms with Crippen LogP contribution >= 0.6 is 0 Å². The first-order valence-electron chi connectivity index (χ1n) is 4.83. The molecule has 1 heterocycles. The molecule has 0 spiro atoms. The van der Waals surface area contributed by atoms with E-state index >= 15 is 0 Å². The summed E-state index contributed by atoms with van der Waals surface area (Å²) in [6.07, 6.45) is 3.30. The fourth-order valence-electron chi connectivity index (χ4n) is 1.35. The molecule has 3 heteroatoms. The highest BCUT2D eigenvalue weighted by atomic mass is 16.3. The van der Waals surface area contributed by atoms with Gasteiger partial charge in [0, 0.05) is 11.1 Å². The van der Waals surface area contributed by atoms with Crippen molar-refractivity contribution >= 4 is 6.29 Å². The number of oxazole rings is 1. The molecule has 0 saturated heterocycles. The topological polar surface area (TPSA) is 43.1 Å². The van der Waals surface area contributed by atoms with Crippen LogP contribution in [0.15, 0.2) is 34.9 Å². The van der Waals surface area contributed by atoms with Crippen molar-refractivity contribution in [1.29, 1.82) is 0 Å². The van der Waals surface area contributed by atoms with E-state index in [1.54, 1.807) is 18.4 Å². The minimum absolute atomic E-state index is 0.565. The van der Waals surface area contributed by atoms with Crippen molar-refractivity contribution in [3.05, 3.63) is 41.8 Å². The summed E-state index contributed by atoms with van der Waals surface area (Å²) in [5, 5.41) is 0. The molecule has 0 atom stereocenters. The molecular weight excluding hydrogens is 190 g/mol. The smallest absolute Gasteiger partial charge is 0.226 e. The second kappa shape index (κ2) is 4.09. The summed E-state index contributed by atoms with van der Waals surface area (Å²) in [6.45, 7) is 2.02. The standard InChI is InChI=1S/C12H11NO2/c1-2-11-8-15-12(13-11)10-5-3-4-9(6-10)7-14/h3-8H,2H2,1H3. The number of nitrogens with zero attached hydrogens (tertiary/aromatic N) is 1. The monoisotopic (exact) mass is 201 g/mol. The van der Waals surface area contributed by atoms with E-state index in [-0.39, 0.29) is 0 Å². The number of hydrogen-bond acceptors (Lipinski definition) is 3. The molecular formula is C12H11NO2. The Bertz CT molecular complexity index is 474. The van der Waals surface area contributed by atoms with Crippen molar-refractivity contribution < 1.29 is 9.21 Å². The number of aromatic nitrogens is 1. The quantitative estimate of drug-likeness (QED) is 0.717.